The van der Waals surface area contributed by atoms with Crippen LogP contribution in [0.15, 0.2) is 42.5 Å². The van der Waals surface area contributed by atoms with Crippen molar-refractivity contribution in [1.82, 2.24) is 0 Å². The van der Waals surface area contributed by atoms with Crippen LogP contribution in [0.3, 0.4) is 0 Å². The second-order valence-electron chi connectivity index (χ2n) is 4.52. The predicted molar refractivity (Wildman–Crippen MR) is 71.4 cm³/mol. The lowest BCUT2D eigenvalue weighted by atomic mass is 9.95. The monoisotopic (exact) mass is 211 g/mol. The molecule has 0 N–H and O–H groups in total. The Morgan fingerprint density at radius 2 is 1.81 bits per heavy atom. The molecule has 1 radical (unpaired) electrons. The molecule has 1 atom stereocenters. The molecule has 0 bridgehead atoms. The van der Waals surface area contributed by atoms with Gasteiger partial charge in [0.15, 0.2) is 0 Å². The Morgan fingerprint density at radius 3 is 2.62 bits per heavy atom. The number of fused-ring (bicyclic) bond motifs is 1. The summed E-state index contributed by atoms with van der Waals surface area (Å²) in [7, 11) is 0. The van der Waals surface area contributed by atoms with Gasteiger partial charge in [-0.15, -0.1) is 0 Å². The summed E-state index contributed by atoms with van der Waals surface area (Å²) in [6.45, 7) is 4.56. The van der Waals surface area contributed by atoms with Gasteiger partial charge in [0, 0.05) is 0 Å². The number of hydrogen-bond acceptors (Lipinski definition) is 0. The molecule has 0 spiro atoms. The third-order valence-corrected chi connectivity index (χ3v) is 3.26. The van der Waals surface area contributed by atoms with Gasteiger partial charge in [-0.3, -0.25) is 0 Å². The maximum Gasteiger partial charge on any atom is -0.00841 e. The van der Waals surface area contributed by atoms with Crippen molar-refractivity contribution in [2.24, 2.45) is 5.92 Å². The summed E-state index contributed by atoms with van der Waals surface area (Å²) in [4.78, 5) is 0. The fraction of sp³-hybridized carbons (Fsp3) is 0.312. The van der Waals surface area contributed by atoms with E-state index in [4.69, 9.17) is 0 Å². The Kier molecular flexibility index (Phi) is 3.61. The zero-order valence-corrected chi connectivity index (χ0v) is 10.1. The van der Waals surface area contributed by atoms with Gasteiger partial charge in [-0.05, 0) is 35.1 Å². The first-order valence-electron chi connectivity index (χ1n) is 6.12. The lowest BCUT2D eigenvalue weighted by molar-refractivity contribution is 0.558. The summed E-state index contributed by atoms with van der Waals surface area (Å²) in [6.07, 6.45) is 4.79. The topological polar surface area (TPSA) is 0 Å². The van der Waals surface area contributed by atoms with Crippen molar-refractivity contribution in [2.75, 3.05) is 0 Å². The summed E-state index contributed by atoms with van der Waals surface area (Å²) in [5.41, 5.74) is 1.37. The van der Waals surface area contributed by atoms with Gasteiger partial charge in [0.05, 0.1) is 0 Å². The van der Waals surface area contributed by atoms with E-state index in [1.807, 2.05) is 0 Å². The van der Waals surface area contributed by atoms with Crippen LogP contribution in [-0.2, 0) is 0 Å². The first-order valence-corrected chi connectivity index (χ1v) is 6.12. The van der Waals surface area contributed by atoms with Crippen molar-refractivity contribution < 1.29 is 0 Å². The molecule has 2 aromatic rings. The molecule has 0 saturated heterocycles. The Hall–Kier alpha value is -1.30. The first-order chi connectivity index (χ1) is 7.81. The standard InChI is InChI=1S/C16H19/c1-3-13(2)11-12-15-9-6-8-14-7-4-5-10-16(14)15/h4-10,12-13H,3,11H2,1-2H3. The molecule has 0 aliphatic heterocycles. The fourth-order valence-electron chi connectivity index (χ4n) is 1.92. The molecule has 0 amide bonds. The quantitative estimate of drug-likeness (QED) is 0.679. The molecule has 0 aliphatic carbocycles. The minimum absolute atomic E-state index is 0.777. The molecule has 2 rings (SSSR count). The minimum atomic E-state index is 0.777. The number of rotatable bonds is 4. The Morgan fingerprint density at radius 1 is 1.06 bits per heavy atom. The van der Waals surface area contributed by atoms with Gasteiger partial charge < -0.3 is 0 Å². The summed E-state index contributed by atoms with van der Waals surface area (Å²) < 4.78 is 0. The van der Waals surface area contributed by atoms with E-state index in [2.05, 4.69) is 62.7 Å². The number of benzene rings is 2. The van der Waals surface area contributed by atoms with E-state index < -0.39 is 0 Å². The summed E-state index contributed by atoms with van der Waals surface area (Å²) in [5, 5.41) is 2.70. The number of hydrogen-bond donors (Lipinski definition) is 0. The highest BCUT2D eigenvalue weighted by molar-refractivity contribution is 5.86. The van der Waals surface area contributed by atoms with Crippen LogP contribution in [0.4, 0.5) is 0 Å². The molecular formula is C16H19. The van der Waals surface area contributed by atoms with Gasteiger partial charge in [0.25, 0.3) is 0 Å². The van der Waals surface area contributed by atoms with Crippen molar-refractivity contribution in [3.05, 3.63) is 54.4 Å². The molecule has 0 aromatic heterocycles. The zero-order chi connectivity index (χ0) is 11.4. The zero-order valence-electron chi connectivity index (χ0n) is 10.1. The average molecular weight is 211 g/mol. The predicted octanol–water partition coefficient (Wildman–Crippen LogP) is 4.83. The highest BCUT2D eigenvalue weighted by atomic mass is 14.1. The molecule has 2 aromatic carbocycles. The molecule has 0 heteroatoms. The Bertz CT molecular complexity index is 451. The van der Waals surface area contributed by atoms with Crippen LogP contribution in [0.25, 0.3) is 10.8 Å². The van der Waals surface area contributed by atoms with Crippen molar-refractivity contribution in [3.8, 4) is 0 Å². The summed E-state index contributed by atoms with van der Waals surface area (Å²) >= 11 is 0. The van der Waals surface area contributed by atoms with Crippen LogP contribution < -0.4 is 0 Å². The van der Waals surface area contributed by atoms with Crippen LogP contribution in [0.2, 0.25) is 0 Å². The Labute approximate surface area is 98.3 Å². The van der Waals surface area contributed by atoms with Crippen LogP contribution in [-0.4, -0.2) is 0 Å². The van der Waals surface area contributed by atoms with Crippen LogP contribution in [0.5, 0.6) is 0 Å². The SMILES string of the molecule is CCC(C)C[CH]c1cccc2ccccc12. The summed E-state index contributed by atoms with van der Waals surface area (Å²) in [5.74, 6) is 0.777. The van der Waals surface area contributed by atoms with Crippen LogP contribution in [0.1, 0.15) is 32.3 Å². The van der Waals surface area contributed by atoms with E-state index in [0.29, 0.717) is 0 Å². The first kappa shape index (κ1) is 11.2. The maximum atomic E-state index is 2.37. The van der Waals surface area contributed by atoms with E-state index in [9.17, 15) is 0 Å². The normalized spacial score (nSPS) is 12.9. The smallest absolute Gasteiger partial charge is 0.00841 e. The molecule has 1 unspecified atom stereocenters. The second-order valence-corrected chi connectivity index (χ2v) is 4.52. The molecule has 0 saturated carbocycles. The van der Waals surface area contributed by atoms with Gasteiger partial charge in [0.1, 0.15) is 0 Å². The molecular weight excluding hydrogens is 192 g/mol. The van der Waals surface area contributed by atoms with Gasteiger partial charge in [-0.1, -0.05) is 62.7 Å². The maximum absolute atomic E-state index is 2.37. The van der Waals surface area contributed by atoms with E-state index in [-0.39, 0.29) is 0 Å². The van der Waals surface area contributed by atoms with Crippen molar-refractivity contribution in [3.63, 3.8) is 0 Å². The van der Waals surface area contributed by atoms with Crippen molar-refractivity contribution in [1.29, 1.82) is 0 Å². The molecule has 0 fully saturated rings. The Balaban J connectivity index is 2.23. The van der Waals surface area contributed by atoms with E-state index in [0.717, 1.165) is 5.92 Å². The van der Waals surface area contributed by atoms with Crippen molar-refractivity contribution >= 4 is 10.8 Å². The van der Waals surface area contributed by atoms with Gasteiger partial charge >= 0.3 is 0 Å². The highest BCUT2D eigenvalue weighted by Crippen LogP contribution is 2.22. The third-order valence-electron chi connectivity index (χ3n) is 3.26. The van der Waals surface area contributed by atoms with Gasteiger partial charge in [-0.25, -0.2) is 0 Å². The highest BCUT2D eigenvalue weighted by Gasteiger charge is 2.03. The lowest BCUT2D eigenvalue weighted by Gasteiger charge is -2.09. The molecule has 0 aliphatic rings. The van der Waals surface area contributed by atoms with Gasteiger partial charge in [-0.2, -0.15) is 0 Å². The van der Waals surface area contributed by atoms with E-state index >= 15 is 0 Å². The van der Waals surface area contributed by atoms with E-state index in [1.165, 1.54) is 29.2 Å². The molecule has 0 heterocycles. The lowest BCUT2D eigenvalue weighted by Crippen LogP contribution is -1.94. The van der Waals surface area contributed by atoms with Crippen LogP contribution in [0, 0.1) is 12.3 Å². The molecule has 16 heavy (non-hydrogen) atoms. The van der Waals surface area contributed by atoms with Crippen LogP contribution >= 0.6 is 0 Å². The molecule has 0 nitrogen and oxygen atoms in total. The third kappa shape index (κ3) is 2.44. The minimum Gasteiger partial charge on any atom is -0.0651 e. The average Bonchev–Trinajstić information content (AvgIpc) is 2.35. The largest absolute Gasteiger partial charge is 0.0651 e. The van der Waals surface area contributed by atoms with Gasteiger partial charge in [0.2, 0.25) is 0 Å². The van der Waals surface area contributed by atoms with E-state index in [1.54, 1.807) is 0 Å². The second kappa shape index (κ2) is 5.16. The van der Waals surface area contributed by atoms with Crippen molar-refractivity contribution in [2.45, 2.75) is 26.7 Å². The summed E-state index contributed by atoms with van der Waals surface area (Å²) in [6, 6.07) is 15.1. The molecule has 83 valence electrons. The fourth-order valence-corrected chi connectivity index (χ4v) is 1.92.